The van der Waals surface area contributed by atoms with E-state index in [1.165, 1.54) is 0 Å². The molecule has 1 aromatic rings. The van der Waals surface area contributed by atoms with E-state index in [0.29, 0.717) is 11.9 Å². The highest BCUT2D eigenvalue weighted by molar-refractivity contribution is 5.38. The molecule has 0 saturated carbocycles. The van der Waals surface area contributed by atoms with E-state index in [9.17, 15) is 4.79 Å². The molecule has 2 rings (SSSR count). The summed E-state index contributed by atoms with van der Waals surface area (Å²) in [6.45, 7) is 8.29. The van der Waals surface area contributed by atoms with E-state index in [0.717, 1.165) is 25.9 Å². The molecule has 1 fully saturated rings. The summed E-state index contributed by atoms with van der Waals surface area (Å²) < 4.78 is 1.59. The molecule has 1 aliphatic rings. The van der Waals surface area contributed by atoms with Gasteiger partial charge in [-0.3, -0.25) is 4.79 Å². The fraction of sp³-hybridized carbons (Fsp3) is 0.714. The van der Waals surface area contributed by atoms with Crippen molar-refractivity contribution in [2.24, 2.45) is 7.05 Å². The van der Waals surface area contributed by atoms with Gasteiger partial charge in [-0.1, -0.05) is 0 Å². The Labute approximate surface area is 114 Å². The van der Waals surface area contributed by atoms with Gasteiger partial charge in [0.05, 0.1) is 0 Å². The van der Waals surface area contributed by atoms with Gasteiger partial charge in [-0.15, -0.1) is 0 Å². The smallest absolute Gasteiger partial charge is 0.293 e. The fourth-order valence-electron chi connectivity index (χ4n) is 2.43. The highest BCUT2D eigenvalue weighted by Gasteiger charge is 2.28. The number of rotatable bonds is 3. The van der Waals surface area contributed by atoms with Crippen LogP contribution in [-0.4, -0.2) is 34.2 Å². The topological polar surface area (TPSA) is 50.2 Å². The second kappa shape index (κ2) is 5.33. The second-order valence-electron chi connectivity index (χ2n) is 6.29. The molecule has 0 radical (unpaired) electrons. The van der Waals surface area contributed by atoms with Crippen LogP contribution in [0.1, 0.15) is 33.6 Å². The molecule has 1 unspecified atom stereocenters. The molecule has 1 N–H and O–H groups in total. The van der Waals surface area contributed by atoms with Gasteiger partial charge in [-0.25, -0.2) is 4.98 Å². The zero-order valence-corrected chi connectivity index (χ0v) is 12.3. The molecule has 0 spiro atoms. The summed E-state index contributed by atoms with van der Waals surface area (Å²) in [6.07, 6.45) is 5.63. The van der Waals surface area contributed by atoms with Crippen LogP contribution in [0.25, 0.3) is 0 Å². The number of aromatic nitrogens is 2. The van der Waals surface area contributed by atoms with Crippen molar-refractivity contribution in [1.82, 2.24) is 14.9 Å². The lowest BCUT2D eigenvalue weighted by molar-refractivity contribution is 0.404. The van der Waals surface area contributed by atoms with Gasteiger partial charge < -0.3 is 14.8 Å². The minimum atomic E-state index is -0.00911. The van der Waals surface area contributed by atoms with E-state index in [2.05, 4.69) is 36.0 Å². The quantitative estimate of drug-likeness (QED) is 0.889. The Kier molecular flexibility index (Phi) is 3.94. The Morgan fingerprint density at radius 1 is 1.47 bits per heavy atom. The van der Waals surface area contributed by atoms with Crippen molar-refractivity contribution < 1.29 is 0 Å². The third kappa shape index (κ3) is 3.35. The van der Waals surface area contributed by atoms with Gasteiger partial charge in [0.15, 0.2) is 5.82 Å². The molecule has 19 heavy (non-hydrogen) atoms. The molecule has 2 heterocycles. The second-order valence-corrected chi connectivity index (χ2v) is 6.29. The van der Waals surface area contributed by atoms with Crippen molar-refractivity contribution in [2.45, 2.75) is 45.2 Å². The van der Waals surface area contributed by atoms with Gasteiger partial charge in [-0.2, -0.15) is 0 Å². The summed E-state index contributed by atoms with van der Waals surface area (Å²) in [7, 11) is 1.77. The lowest BCUT2D eigenvalue weighted by Gasteiger charge is -2.29. The average molecular weight is 264 g/mol. The Bertz CT molecular complexity index is 489. The fourth-order valence-corrected chi connectivity index (χ4v) is 2.43. The first-order chi connectivity index (χ1) is 8.88. The number of hydrogen-bond acceptors (Lipinski definition) is 4. The van der Waals surface area contributed by atoms with Crippen LogP contribution in [0.15, 0.2) is 17.2 Å². The third-order valence-electron chi connectivity index (χ3n) is 3.52. The molecule has 1 aliphatic heterocycles. The predicted octanol–water partition coefficient (Wildman–Crippen LogP) is 1.14. The summed E-state index contributed by atoms with van der Waals surface area (Å²) in [6, 6.07) is 0.363. The Balaban J connectivity index is 2.15. The number of nitrogens with one attached hydrogen (secondary N) is 1. The molecule has 0 aliphatic carbocycles. The molecule has 106 valence electrons. The van der Waals surface area contributed by atoms with Crippen molar-refractivity contribution in [3.05, 3.63) is 22.7 Å². The monoisotopic (exact) mass is 264 g/mol. The van der Waals surface area contributed by atoms with Crippen molar-refractivity contribution in [3.63, 3.8) is 0 Å². The predicted molar refractivity (Wildman–Crippen MR) is 77.6 cm³/mol. The average Bonchev–Trinajstić information content (AvgIpc) is 2.77. The first kappa shape index (κ1) is 14.1. The van der Waals surface area contributed by atoms with Crippen molar-refractivity contribution in [1.29, 1.82) is 0 Å². The molecule has 1 aromatic heterocycles. The lowest BCUT2D eigenvalue weighted by atomic mass is 10.1. The van der Waals surface area contributed by atoms with Crippen LogP contribution in [0.4, 0.5) is 5.82 Å². The number of hydrogen-bond donors (Lipinski definition) is 1. The Morgan fingerprint density at radius 2 is 2.21 bits per heavy atom. The van der Waals surface area contributed by atoms with Crippen molar-refractivity contribution in [3.8, 4) is 0 Å². The zero-order chi connectivity index (χ0) is 14.0. The van der Waals surface area contributed by atoms with Crippen LogP contribution in [0.3, 0.4) is 0 Å². The van der Waals surface area contributed by atoms with Gasteiger partial charge in [-0.05, 0) is 33.6 Å². The summed E-state index contributed by atoms with van der Waals surface area (Å²) in [4.78, 5) is 18.6. The molecule has 0 bridgehead atoms. The van der Waals surface area contributed by atoms with Gasteiger partial charge in [0.25, 0.3) is 5.56 Å². The zero-order valence-electron chi connectivity index (χ0n) is 12.3. The van der Waals surface area contributed by atoms with Gasteiger partial charge in [0.1, 0.15) is 0 Å². The normalized spacial score (nSPS) is 20.0. The largest absolute Gasteiger partial charge is 0.348 e. The number of anilines is 1. The molecular weight excluding hydrogens is 240 g/mol. The van der Waals surface area contributed by atoms with Crippen LogP contribution in [0.2, 0.25) is 0 Å². The number of nitrogens with zero attached hydrogens (tertiary/aromatic N) is 3. The van der Waals surface area contributed by atoms with E-state index >= 15 is 0 Å². The van der Waals surface area contributed by atoms with Crippen molar-refractivity contribution >= 4 is 5.82 Å². The Morgan fingerprint density at radius 3 is 2.89 bits per heavy atom. The van der Waals surface area contributed by atoms with E-state index in [-0.39, 0.29) is 11.1 Å². The molecule has 1 atom stereocenters. The lowest BCUT2D eigenvalue weighted by Crippen LogP contribution is -2.46. The Hall–Kier alpha value is -1.36. The summed E-state index contributed by atoms with van der Waals surface area (Å²) in [5.74, 6) is 0.586. The third-order valence-corrected chi connectivity index (χ3v) is 3.52. The van der Waals surface area contributed by atoms with Gasteiger partial charge >= 0.3 is 0 Å². The maximum atomic E-state index is 12.1. The molecule has 5 heteroatoms. The van der Waals surface area contributed by atoms with Crippen LogP contribution in [0.5, 0.6) is 0 Å². The maximum absolute atomic E-state index is 12.1. The number of aryl methyl sites for hydroxylation is 1. The minimum Gasteiger partial charge on any atom is -0.348 e. The van der Waals surface area contributed by atoms with Crippen LogP contribution in [-0.2, 0) is 7.05 Å². The molecular formula is C14H24N4O. The van der Waals surface area contributed by atoms with E-state index in [4.69, 9.17) is 0 Å². The van der Waals surface area contributed by atoms with E-state index in [1.807, 2.05) is 0 Å². The highest BCUT2D eigenvalue weighted by atomic mass is 16.1. The van der Waals surface area contributed by atoms with Gasteiger partial charge in [0, 0.05) is 44.1 Å². The van der Waals surface area contributed by atoms with E-state index < -0.39 is 0 Å². The standard InChI is InChI=1S/C14H24N4O/c1-14(2,3)16-10-11-6-5-8-18(11)12-13(19)17(4)9-7-15-12/h7,9,11,16H,5-6,8,10H2,1-4H3. The van der Waals surface area contributed by atoms with Gasteiger partial charge in [0.2, 0.25) is 0 Å². The molecule has 0 aromatic carbocycles. The summed E-state index contributed by atoms with van der Waals surface area (Å²) >= 11 is 0. The van der Waals surface area contributed by atoms with Crippen LogP contribution >= 0.6 is 0 Å². The van der Waals surface area contributed by atoms with Crippen LogP contribution < -0.4 is 15.8 Å². The van der Waals surface area contributed by atoms with Crippen molar-refractivity contribution in [2.75, 3.05) is 18.0 Å². The summed E-state index contributed by atoms with van der Waals surface area (Å²) in [5.41, 5.74) is 0.0914. The maximum Gasteiger partial charge on any atom is 0.293 e. The minimum absolute atomic E-state index is 0.00911. The highest BCUT2D eigenvalue weighted by Crippen LogP contribution is 2.21. The van der Waals surface area contributed by atoms with Crippen LogP contribution in [0, 0.1) is 0 Å². The molecule has 0 amide bonds. The summed E-state index contributed by atoms with van der Waals surface area (Å²) in [5, 5.41) is 3.52. The first-order valence-electron chi connectivity index (χ1n) is 6.92. The molecule has 1 saturated heterocycles. The molecule has 5 nitrogen and oxygen atoms in total. The SMILES string of the molecule is Cn1ccnc(N2CCCC2CNC(C)(C)C)c1=O. The van der Waals surface area contributed by atoms with E-state index in [1.54, 1.807) is 24.0 Å². The first-order valence-corrected chi connectivity index (χ1v) is 6.92.